The fourth-order valence-corrected chi connectivity index (χ4v) is 2.40. The highest BCUT2D eigenvalue weighted by molar-refractivity contribution is 6.30. The summed E-state index contributed by atoms with van der Waals surface area (Å²) in [5.41, 5.74) is 0.416. The van der Waals surface area contributed by atoms with Crippen molar-refractivity contribution in [3.63, 3.8) is 0 Å². The van der Waals surface area contributed by atoms with Crippen LogP contribution in [0.1, 0.15) is 45.6 Å². The smallest absolute Gasteiger partial charge is 0.407 e. The van der Waals surface area contributed by atoms with E-state index in [2.05, 4.69) is 19.2 Å². The topological polar surface area (TPSA) is 47.6 Å². The largest absolute Gasteiger partial charge is 0.449 e. The van der Waals surface area contributed by atoms with Gasteiger partial charge in [0.25, 0.3) is 0 Å². The van der Waals surface area contributed by atoms with E-state index in [9.17, 15) is 9.18 Å². The van der Waals surface area contributed by atoms with Gasteiger partial charge >= 0.3 is 6.09 Å². The van der Waals surface area contributed by atoms with Gasteiger partial charge in [0.1, 0.15) is 5.82 Å². The molecule has 142 valence electrons. The summed E-state index contributed by atoms with van der Waals surface area (Å²) in [4.78, 5) is 11.6. The van der Waals surface area contributed by atoms with Crippen LogP contribution in [0, 0.1) is 17.7 Å². The van der Waals surface area contributed by atoms with Crippen LogP contribution in [0.25, 0.3) is 0 Å². The average Bonchev–Trinajstić information content (AvgIpc) is 2.55. The lowest BCUT2D eigenvalue weighted by Crippen LogP contribution is -2.27. The monoisotopic (exact) mass is 373 g/mol. The molecule has 0 radical (unpaired) electrons. The molecule has 0 saturated carbocycles. The number of amides is 1. The summed E-state index contributed by atoms with van der Waals surface area (Å²) < 4.78 is 24.2. The lowest BCUT2D eigenvalue weighted by Gasteiger charge is -2.13. The third-order valence-corrected chi connectivity index (χ3v) is 3.88. The molecule has 1 aromatic carbocycles. The van der Waals surface area contributed by atoms with Crippen LogP contribution >= 0.6 is 11.6 Å². The average molecular weight is 374 g/mol. The molecule has 6 heteroatoms. The molecule has 0 aliphatic carbocycles. The van der Waals surface area contributed by atoms with Crippen molar-refractivity contribution < 1.29 is 18.7 Å². The summed E-state index contributed by atoms with van der Waals surface area (Å²) in [5, 5.41) is 3.21. The Balaban J connectivity index is 2.10. The Bertz CT molecular complexity index is 525. The Morgan fingerprint density at radius 3 is 2.72 bits per heavy atom. The van der Waals surface area contributed by atoms with E-state index in [-0.39, 0.29) is 24.9 Å². The zero-order chi connectivity index (χ0) is 18.7. The molecule has 0 aliphatic heterocycles. The summed E-state index contributed by atoms with van der Waals surface area (Å²) in [6.07, 6.45) is 2.81. The van der Waals surface area contributed by atoms with Gasteiger partial charge in [0.2, 0.25) is 0 Å². The second-order valence-electron chi connectivity index (χ2n) is 6.77. The van der Waals surface area contributed by atoms with Gasteiger partial charge in [-0.05, 0) is 30.5 Å². The Morgan fingerprint density at radius 1 is 1.24 bits per heavy atom. The molecule has 0 spiro atoms. The molecule has 1 N–H and O–H groups in total. The third-order valence-electron chi connectivity index (χ3n) is 3.64. The van der Waals surface area contributed by atoms with E-state index in [4.69, 9.17) is 21.1 Å². The standard InChI is InChI=1S/C19H29ClFNO3/c1-14(2)6-4-5-9-22-19(23)25-12-15(3)11-24-13-16-10-17(20)7-8-18(16)21/h7-8,10,14-15H,4-6,9,11-13H2,1-3H3,(H,22,23). The van der Waals surface area contributed by atoms with Gasteiger partial charge in [0.05, 0.1) is 19.8 Å². The van der Waals surface area contributed by atoms with Crippen molar-refractivity contribution in [1.82, 2.24) is 5.32 Å². The number of benzene rings is 1. The number of ether oxygens (including phenoxy) is 2. The van der Waals surface area contributed by atoms with E-state index in [0.717, 1.165) is 12.8 Å². The van der Waals surface area contributed by atoms with Crippen molar-refractivity contribution in [3.8, 4) is 0 Å². The van der Waals surface area contributed by atoms with Crippen LogP contribution in [0.3, 0.4) is 0 Å². The lowest BCUT2D eigenvalue weighted by molar-refractivity contribution is 0.0580. The van der Waals surface area contributed by atoms with Crippen LogP contribution in [0.2, 0.25) is 5.02 Å². The SMILES string of the molecule is CC(C)CCCCNC(=O)OCC(C)COCc1cc(Cl)ccc1F. The Hall–Kier alpha value is -1.33. The van der Waals surface area contributed by atoms with Crippen LogP contribution < -0.4 is 5.32 Å². The number of hydrogen-bond donors (Lipinski definition) is 1. The molecule has 0 heterocycles. The minimum atomic E-state index is -0.405. The molecule has 4 nitrogen and oxygen atoms in total. The van der Waals surface area contributed by atoms with Crippen LogP contribution in [-0.2, 0) is 16.1 Å². The number of halogens is 2. The third kappa shape index (κ3) is 10.3. The van der Waals surface area contributed by atoms with Gasteiger partial charge in [-0.15, -0.1) is 0 Å². The van der Waals surface area contributed by atoms with Crippen molar-refractivity contribution in [3.05, 3.63) is 34.6 Å². The van der Waals surface area contributed by atoms with Crippen molar-refractivity contribution in [2.75, 3.05) is 19.8 Å². The van der Waals surface area contributed by atoms with Crippen LogP contribution in [0.4, 0.5) is 9.18 Å². The second-order valence-corrected chi connectivity index (χ2v) is 7.21. The number of nitrogens with one attached hydrogen (secondary N) is 1. The van der Waals surface area contributed by atoms with Crippen LogP contribution in [-0.4, -0.2) is 25.9 Å². The van der Waals surface area contributed by atoms with E-state index >= 15 is 0 Å². The molecule has 0 bridgehead atoms. The van der Waals surface area contributed by atoms with Gasteiger partial charge < -0.3 is 14.8 Å². The molecule has 1 aromatic rings. The van der Waals surface area contributed by atoms with Gasteiger partial charge in [-0.3, -0.25) is 0 Å². The number of hydrogen-bond acceptors (Lipinski definition) is 3. The quantitative estimate of drug-likeness (QED) is 0.543. The summed E-state index contributed by atoms with van der Waals surface area (Å²) in [5.74, 6) is 0.368. The number of rotatable bonds is 11. The highest BCUT2D eigenvalue weighted by atomic mass is 35.5. The van der Waals surface area contributed by atoms with E-state index in [1.807, 2.05) is 6.92 Å². The predicted octanol–water partition coefficient (Wildman–Crippen LogP) is 5.18. The molecule has 1 amide bonds. The first-order valence-electron chi connectivity index (χ1n) is 8.80. The molecule has 25 heavy (non-hydrogen) atoms. The van der Waals surface area contributed by atoms with Crippen molar-refractivity contribution in [1.29, 1.82) is 0 Å². The molecular formula is C19H29ClFNO3. The zero-order valence-electron chi connectivity index (χ0n) is 15.3. The maximum atomic E-state index is 13.5. The first-order chi connectivity index (χ1) is 11.9. The molecular weight excluding hydrogens is 345 g/mol. The fourth-order valence-electron chi connectivity index (χ4n) is 2.21. The highest BCUT2D eigenvalue weighted by Gasteiger charge is 2.09. The Kier molecular flexibility index (Phi) is 10.5. The van der Waals surface area contributed by atoms with Crippen LogP contribution in [0.5, 0.6) is 0 Å². The summed E-state index contributed by atoms with van der Waals surface area (Å²) in [6, 6.07) is 4.36. The predicted molar refractivity (Wildman–Crippen MR) is 98.3 cm³/mol. The normalized spacial score (nSPS) is 12.2. The van der Waals surface area contributed by atoms with Crippen molar-refractivity contribution >= 4 is 17.7 Å². The zero-order valence-corrected chi connectivity index (χ0v) is 16.1. The number of carbonyl (C=O) groups is 1. The molecule has 1 unspecified atom stereocenters. The highest BCUT2D eigenvalue weighted by Crippen LogP contribution is 2.16. The minimum absolute atomic E-state index is 0.0222. The van der Waals surface area contributed by atoms with E-state index in [0.29, 0.717) is 29.7 Å². The van der Waals surface area contributed by atoms with Crippen LogP contribution in [0.15, 0.2) is 18.2 Å². The summed E-state index contributed by atoms with van der Waals surface area (Å²) in [6.45, 7) is 7.68. The molecule has 1 atom stereocenters. The number of unbranched alkanes of at least 4 members (excludes halogenated alkanes) is 1. The van der Waals surface area contributed by atoms with Crippen molar-refractivity contribution in [2.24, 2.45) is 11.8 Å². The first-order valence-corrected chi connectivity index (χ1v) is 9.18. The number of carbonyl (C=O) groups excluding carboxylic acids is 1. The van der Waals surface area contributed by atoms with E-state index in [1.54, 1.807) is 6.07 Å². The summed E-state index contributed by atoms with van der Waals surface area (Å²) >= 11 is 5.83. The maximum absolute atomic E-state index is 13.5. The molecule has 0 aromatic heterocycles. The van der Waals surface area contributed by atoms with Gasteiger partial charge in [-0.2, -0.15) is 0 Å². The van der Waals surface area contributed by atoms with Gasteiger partial charge in [-0.1, -0.05) is 45.2 Å². The van der Waals surface area contributed by atoms with Gasteiger partial charge in [-0.25, -0.2) is 9.18 Å². The fraction of sp³-hybridized carbons (Fsp3) is 0.632. The van der Waals surface area contributed by atoms with Crippen molar-refractivity contribution in [2.45, 2.75) is 46.6 Å². The van der Waals surface area contributed by atoms with E-state index in [1.165, 1.54) is 18.6 Å². The maximum Gasteiger partial charge on any atom is 0.407 e. The molecule has 0 fully saturated rings. The second kappa shape index (κ2) is 12.1. The molecule has 1 rings (SSSR count). The Morgan fingerprint density at radius 2 is 2.00 bits per heavy atom. The lowest BCUT2D eigenvalue weighted by atomic mass is 10.1. The first kappa shape index (κ1) is 21.7. The summed E-state index contributed by atoms with van der Waals surface area (Å²) in [7, 11) is 0. The molecule has 0 saturated heterocycles. The van der Waals surface area contributed by atoms with Gasteiger partial charge in [0.15, 0.2) is 0 Å². The Labute approximate surface area is 155 Å². The van der Waals surface area contributed by atoms with Gasteiger partial charge in [0, 0.05) is 23.0 Å². The minimum Gasteiger partial charge on any atom is -0.449 e. The number of alkyl carbamates (subject to hydrolysis) is 1. The molecule has 0 aliphatic rings. The van der Waals surface area contributed by atoms with E-state index < -0.39 is 6.09 Å².